The zero-order valence-electron chi connectivity index (χ0n) is 12.7. The first kappa shape index (κ1) is 15.9. The summed E-state index contributed by atoms with van der Waals surface area (Å²) in [7, 11) is 1.51. The first-order valence-corrected chi connectivity index (χ1v) is 7.03. The molecule has 1 aromatic heterocycles. The zero-order valence-corrected chi connectivity index (χ0v) is 12.7. The van der Waals surface area contributed by atoms with Crippen LogP contribution in [0.5, 0.6) is 0 Å². The van der Waals surface area contributed by atoms with Crippen LogP contribution in [0, 0.1) is 0 Å². The Kier molecular flexibility index (Phi) is 5.27. The Balaban J connectivity index is 2.10. The summed E-state index contributed by atoms with van der Waals surface area (Å²) in [6.07, 6.45) is -0.0277. The molecule has 8 heteroatoms. The molecule has 2 rings (SSSR count). The molecule has 118 valence electrons. The van der Waals surface area contributed by atoms with Gasteiger partial charge < -0.3 is 14.6 Å². The third-order valence-electron chi connectivity index (χ3n) is 3.60. The molecule has 0 bridgehead atoms. The van der Waals surface area contributed by atoms with E-state index in [1.165, 1.54) is 7.11 Å². The van der Waals surface area contributed by atoms with Gasteiger partial charge in [0.25, 0.3) is 0 Å². The van der Waals surface area contributed by atoms with E-state index in [4.69, 9.17) is 14.6 Å². The van der Waals surface area contributed by atoms with Gasteiger partial charge in [0.15, 0.2) is 5.69 Å². The largest absolute Gasteiger partial charge is 0.476 e. The number of ether oxygens (including phenoxy) is 2. The maximum absolute atomic E-state index is 11.1. The minimum absolute atomic E-state index is 0.0277. The molecule has 2 heterocycles. The van der Waals surface area contributed by atoms with Crippen molar-refractivity contribution in [2.75, 3.05) is 26.8 Å². The fraction of sp³-hybridized carbons (Fsp3) is 0.769. The number of aromatic nitrogens is 3. The zero-order chi connectivity index (χ0) is 15.4. The van der Waals surface area contributed by atoms with Crippen molar-refractivity contribution in [3.63, 3.8) is 0 Å². The molecule has 21 heavy (non-hydrogen) atoms. The second-order valence-electron chi connectivity index (χ2n) is 5.39. The lowest BCUT2D eigenvalue weighted by Gasteiger charge is -2.35. The number of hydrogen-bond donors (Lipinski definition) is 1. The van der Waals surface area contributed by atoms with Crippen LogP contribution in [0.3, 0.4) is 0 Å². The van der Waals surface area contributed by atoms with E-state index in [1.54, 1.807) is 4.68 Å². The fourth-order valence-corrected chi connectivity index (χ4v) is 2.44. The number of rotatable bonds is 6. The van der Waals surface area contributed by atoms with Crippen LogP contribution in [0.15, 0.2) is 0 Å². The van der Waals surface area contributed by atoms with Crippen molar-refractivity contribution in [2.45, 2.75) is 39.1 Å². The van der Waals surface area contributed by atoms with E-state index in [0.717, 1.165) is 13.1 Å². The van der Waals surface area contributed by atoms with Crippen LogP contribution in [-0.4, -0.2) is 69.9 Å². The van der Waals surface area contributed by atoms with Crippen molar-refractivity contribution in [1.82, 2.24) is 19.9 Å². The monoisotopic (exact) mass is 298 g/mol. The van der Waals surface area contributed by atoms with Crippen LogP contribution in [-0.2, 0) is 22.6 Å². The number of carboxylic acids is 1. The molecule has 0 aromatic carbocycles. The van der Waals surface area contributed by atoms with Crippen LogP contribution in [0.4, 0.5) is 0 Å². The van der Waals surface area contributed by atoms with E-state index in [9.17, 15) is 4.79 Å². The lowest BCUT2D eigenvalue weighted by atomic mass is 10.2. The average Bonchev–Trinajstić information content (AvgIpc) is 2.83. The van der Waals surface area contributed by atoms with Crippen molar-refractivity contribution >= 4 is 5.97 Å². The maximum Gasteiger partial charge on any atom is 0.358 e. The Bertz CT molecular complexity index is 489. The second kappa shape index (κ2) is 6.97. The predicted octanol–water partition coefficient (Wildman–Crippen LogP) is 0.232. The van der Waals surface area contributed by atoms with Gasteiger partial charge >= 0.3 is 5.97 Å². The second-order valence-corrected chi connectivity index (χ2v) is 5.39. The third-order valence-corrected chi connectivity index (χ3v) is 3.60. The van der Waals surface area contributed by atoms with Gasteiger partial charge in [0.1, 0.15) is 0 Å². The lowest BCUT2D eigenvalue weighted by molar-refractivity contribution is -0.0478. The Hall–Kier alpha value is -1.51. The Morgan fingerprint density at radius 3 is 2.95 bits per heavy atom. The summed E-state index contributed by atoms with van der Waals surface area (Å²) < 4.78 is 12.4. The van der Waals surface area contributed by atoms with Gasteiger partial charge in [0, 0.05) is 26.2 Å². The van der Waals surface area contributed by atoms with Crippen LogP contribution in [0.1, 0.15) is 30.0 Å². The number of nitrogens with zero attached hydrogens (tertiary/aromatic N) is 4. The number of carbonyl (C=O) groups is 1. The van der Waals surface area contributed by atoms with Crippen molar-refractivity contribution < 1.29 is 19.4 Å². The van der Waals surface area contributed by atoms with Gasteiger partial charge in [-0.3, -0.25) is 4.90 Å². The molecule has 0 aliphatic carbocycles. The third kappa shape index (κ3) is 3.78. The maximum atomic E-state index is 11.1. The molecule has 1 aromatic rings. The molecule has 0 radical (unpaired) electrons. The Morgan fingerprint density at radius 1 is 1.57 bits per heavy atom. The van der Waals surface area contributed by atoms with E-state index >= 15 is 0 Å². The van der Waals surface area contributed by atoms with Gasteiger partial charge in [-0.2, -0.15) is 0 Å². The Labute approximate surface area is 123 Å². The highest BCUT2D eigenvalue weighted by Gasteiger charge is 2.25. The number of hydrogen-bond acceptors (Lipinski definition) is 6. The molecule has 1 atom stereocenters. The summed E-state index contributed by atoms with van der Waals surface area (Å²) >= 11 is 0. The van der Waals surface area contributed by atoms with Gasteiger partial charge in [-0.15, -0.1) is 5.10 Å². The molecule has 1 saturated heterocycles. The van der Waals surface area contributed by atoms with Crippen molar-refractivity contribution in [3.05, 3.63) is 11.4 Å². The first-order chi connectivity index (χ1) is 10.0. The molecule has 1 aliphatic rings. The summed E-state index contributed by atoms with van der Waals surface area (Å²) in [5.74, 6) is -1.10. The summed E-state index contributed by atoms with van der Waals surface area (Å²) in [4.78, 5) is 13.5. The number of aromatic carboxylic acids is 1. The normalized spacial score (nSPS) is 20.1. The van der Waals surface area contributed by atoms with E-state index in [-0.39, 0.29) is 18.4 Å². The molecule has 1 aliphatic heterocycles. The van der Waals surface area contributed by atoms with Gasteiger partial charge in [0.2, 0.25) is 0 Å². The van der Waals surface area contributed by atoms with E-state index in [2.05, 4.69) is 29.1 Å². The van der Waals surface area contributed by atoms with Crippen LogP contribution in [0.2, 0.25) is 0 Å². The minimum atomic E-state index is -1.10. The molecule has 1 unspecified atom stereocenters. The average molecular weight is 298 g/mol. The van der Waals surface area contributed by atoms with Gasteiger partial charge in [0.05, 0.1) is 31.6 Å². The molecular weight excluding hydrogens is 276 g/mol. The van der Waals surface area contributed by atoms with Gasteiger partial charge in [-0.25, -0.2) is 9.48 Å². The molecule has 0 amide bonds. The first-order valence-electron chi connectivity index (χ1n) is 7.03. The lowest BCUT2D eigenvalue weighted by Crippen LogP contribution is -2.47. The standard InChI is InChI=1S/C13H22N4O4/c1-9(2)16-4-5-21-10(6-16)7-17-11(8-20-3)12(13(18)19)14-15-17/h9-10H,4-8H2,1-3H3,(H,18,19). The highest BCUT2D eigenvalue weighted by Crippen LogP contribution is 2.13. The van der Waals surface area contributed by atoms with Crippen LogP contribution < -0.4 is 0 Å². The van der Waals surface area contributed by atoms with Crippen LogP contribution in [0.25, 0.3) is 0 Å². The topological polar surface area (TPSA) is 89.7 Å². The SMILES string of the molecule is COCc1c(C(=O)O)nnn1CC1CN(C(C)C)CCO1. The van der Waals surface area contributed by atoms with E-state index in [0.29, 0.717) is 24.9 Å². The van der Waals surface area contributed by atoms with Gasteiger partial charge in [-0.05, 0) is 13.8 Å². The minimum Gasteiger partial charge on any atom is -0.476 e. The number of methoxy groups -OCH3 is 1. The van der Waals surface area contributed by atoms with Crippen LogP contribution >= 0.6 is 0 Å². The molecule has 1 N–H and O–H groups in total. The summed E-state index contributed by atoms with van der Waals surface area (Å²) in [5, 5.41) is 16.8. The molecule has 0 spiro atoms. The van der Waals surface area contributed by atoms with E-state index in [1.807, 2.05) is 0 Å². The molecule has 0 saturated carbocycles. The van der Waals surface area contributed by atoms with Crippen molar-refractivity contribution in [2.24, 2.45) is 0 Å². The summed E-state index contributed by atoms with van der Waals surface area (Å²) in [6.45, 7) is 7.32. The fourth-order valence-electron chi connectivity index (χ4n) is 2.44. The highest BCUT2D eigenvalue weighted by atomic mass is 16.5. The van der Waals surface area contributed by atoms with Crippen molar-refractivity contribution in [1.29, 1.82) is 0 Å². The molecule has 1 fully saturated rings. The quantitative estimate of drug-likeness (QED) is 0.804. The summed E-state index contributed by atoms with van der Waals surface area (Å²) in [6, 6.07) is 0.458. The number of morpholine rings is 1. The molecular formula is C13H22N4O4. The van der Waals surface area contributed by atoms with Crippen molar-refractivity contribution in [3.8, 4) is 0 Å². The van der Waals surface area contributed by atoms with Gasteiger partial charge in [-0.1, -0.05) is 5.21 Å². The highest BCUT2D eigenvalue weighted by molar-refractivity contribution is 5.86. The Morgan fingerprint density at radius 2 is 2.33 bits per heavy atom. The smallest absolute Gasteiger partial charge is 0.358 e. The van der Waals surface area contributed by atoms with E-state index < -0.39 is 5.97 Å². The molecule has 8 nitrogen and oxygen atoms in total. The number of carboxylic acid groups (broad SMARTS) is 1. The summed E-state index contributed by atoms with van der Waals surface area (Å²) in [5.41, 5.74) is 0.406. The predicted molar refractivity (Wildman–Crippen MR) is 74.1 cm³/mol.